The Labute approximate surface area is 170 Å². The zero-order valence-corrected chi connectivity index (χ0v) is 16.3. The van der Waals surface area contributed by atoms with Crippen LogP contribution in [0.5, 0.6) is 5.75 Å². The number of nitrogens with one attached hydrogen (secondary N) is 1. The predicted molar refractivity (Wildman–Crippen MR) is 112 cm³/mol. The van der Waals surface area contributed by atoms with Gasteiger partial charge in [-0.25, -0.2) is 4.79 Å². The summed E-state index contributed by atoms with van der Waals surface area (Å²) in [5.74, 6) is 0.764. The van der Waals surface area contributed by atoms with Crippen LogP contribution in [0.3, 0.4) is 0 Å². The standard InChI is InChI=1S/C24H25NO4/c26-24(29-20-10-2-1-3-11-20)25-15-7-14-23-27-16-19(17-28-23)22-13-6-9-18-8-4-5-12-21(18)22/h1-6,8-13,19,23H,7,14-17H2,(H,25,26)/t19-,23-. The van der Waals surface area contributed by atoms with E-state index in [0.717, 1.165) is 12.8 Å². The van der Waals surface area contributed by atoms with E-state index >= 15 is 0 Å². The fraction of sp³-hybridized carbons (Fsp3) is 0.292. The molecule has 1 amide bonds. The van der Waals surface area contributed by atoms with Crippen LogP contribution in [0.15, 0.2) is 72.8 Å². The number of para-hydroxylation sites is 1. The maximum atomic E-state index is 11.8. The molecule has 0 aromatic heterocycles. The number of hydrogen-bond donors (Lipinski definition) is 1. The number of carbonyl (C=O) groups excluding carboxylic acids is 1. The van der Waals surface area contributed by atoms with Crippen LogP contribution < -0.4 is 10.1 Å². The van der Waals surface area contributed by atoms with Crippen LogP contribution in [-0.2, 0) is 9.47 Å². The molecular formula is C24H25NO4. The van der Waals surface area contributed by atoms with Crippen LogP contribution in [0, 0.1) is 0 Å². The highest BCUT2D eigenvalue weighted by Crippen LogP contribution is 2.29. The number of fused-ring (bicyclic) bond motifs is 1. The molecule has 0 unspecified atom stereocenters. The van der Waals surface area contributed by atoms with Gasteiger partial charge in [-0.05, 0) is 34.9 Å². The Balaban J connectivity index is 1.19. The second kappa shape index (κ2) is 9.54. The third-order valence-corrected chi connectivity index (χ3v) is 5.07. The lowest BCUT2D eigenvalue weighted by molar-refractivity contribution is -0.189. The molecule has 1 N–H and O–H groups in total. The normalized spacial score (nSPS) is 19.0. The molecule has 4 rings (SSSR count). The van der Waals surface area contributed by atoms with Gasteiger partial charge in [0.05, 0.1) is 13.2 Å². The van der Waals surface area contributed by atoms with Crippen molar-refractivity contribution in [1.82, 2.24) is 5.32 Å². The van der Waals surface area contributed by atoms with Gasteiger partial charge < -0.3 is 19.5 Å². The van der Waals surface area contributed by atoms with Crippen LogP contribution in [0.4, 0.5) is 4.79 Å². The summed E-state index contributed by atoms with van der Waals surface area (Å²) in [4.78, 5) is 11.8. The first-order valence-corrected chi connectivity index (χ1v) is 10.0. The molecule has 0 saturated carbocycles. The van der Waals surface area contributed by atoms with Gasteiger partial charge in [0.1, 0.15) is 5.75 Å². The van der Waals surface area contributed by atoms with E-state index in [2.05, 4.69) is 47.8 Å². The van der Waals surface area contributed by atoms with E-state index in [1.165, 1.54) is 16.3 Å². The van der Waals surface area contributed by atoms with E-state index in [9.17, 15) is 4.79 Å². The lowest BCUT2D eigenvalue weighted by Gasteiger charge is -2.30. The van der Waals surface area contributed by atoms with Crippen molar-refractivity contribution in [2.45, 2.75) is 25.0 Å². The summed E-state index contributed by atoms with van der Waals surface area (Å²) >= 11 is 0. The molecule has 1 heterocycles. The van der Waals surface area contributed by atoms with Crippen molar-refractivity contribution >= 4 is 16.9 Å². The van der Waals surface area contributed by atoms with Crippen LogP contribution in [0.2, 0.25) is 0 Å². The Kier molecular flexibility index (Phi) is 6.39. The lowest BCUT2D eigenvalue weighted by atomic mass is 9.94. The molecule has 1 saturated heterocycles. The lowest BCUT2D eigenvalue weighted by Crippen LogP contribution is -2.32. The van der Waals surface area contributed by atoms with Crippen LogP contribution in [0.1, 0.15) is 24.3 Å². The van der Waals surface area contributed by atoms with E-state index < -0.39 is 6.09 Å². The van der Waals surface area contributed by atoms with Crippen LogP contribution in [-0.4, -0.2) is 32.1 Å². The topological polar surface area (TPSA) is 56.8 Å². The van der Waals surface area contributed by atoms with Gasteiger partial charge in [-0.1, -0.05) is 60.7 Å². The van der Waals surface area contributed by atoms with Gasteiger partial charge in [0, 0.05) is 18.9 Å². The second-order valence-corrected chi connectivity index (χ2v) is 7.13. The number of benzene rings is 3. The molecule has 0 bridgehead atoms. The molecule has 5 nitrogen and oxygen atoms in total. The van der Waals surface area contributed by atoms with Gasteiger partial charge in [0.25, 0.3) is 0 Å². The minimum atomic E-state index is -0.447. The molecule has 0 atom stereocenters. The zero-order valence-electron chi connectivity index (χ0n) is 16.3. The summed E-state index contributed by atoms with van der Waals surface area (Å²) in [6.45, 7) is 1.80. The van der Waals surface area contributed by atoms with E-state index in [-0.39, 0.29) is 12.2 Å². The molecule has 1 fully saturated rings. The summed E-state index contributed by atoms with van der Waals surface area (Å²) in [5.41, 5.74) is 1.27. The minimum Gasteiger partial charge on any atom is -0.410 e. The largest absolute Gasteiger partial charge is 0.412 e. The van der Waals surface area contributed by atoms with E-state index in [1.54, 1.807) is 12.1 Å². The van der Waals surface area contributed by atoms with E-state index in [4.69, 9.17) is 14.2 Å². The summed E-state index contributed by atoms with van der Waals surface area (Å²) in [6, 6.07) is 23.8. The summed E-state index contributed by atoms with van der Waals surface area (Å²) in [5, 5.41) is 5.25. The molecule has 0 spiro atoms. The first-order chi connectivity index (χ1) is 14.3. The molecule has 0 aliphatic carbocycles. The van der Waals surface area contributed by atoms with E-state index in [0.29, 0.717) is 25.5 Å². The predicted octanol–water partition coefficient (Wildman–Crippen LogP) is 4.87. The Morgan fingerprint density at radius 3 is 2.48 bits per heavy atom. The molecule has 3 aromatic carbocycles. The van der Waals surface area contributed by atoms with Crippen LogP contribution >= 0.6 is 0 Å². The summed E-state index contributed by atoms with van der Waals surface area (Å²) in [7, 11) is 0. The first-order valence-electron chi connectivity index (χ1n) is 10.0. The van der Waals surface area contributed by atoms with Crippen LogP contribution in [0.25, 0.3) is 10.8 Å². The third kappa shape index (κ3) is 5.13. The van der Waals surface area contributed by atoms with Gasteiger partial charge in [-0.15, -0.1) is 0 Å². The summed E-state index contributed by atoms with van der Waals surface area (Å²) in [6.07, 6.45) is 0.812. The molecule has 29 heavy (non-hydrogen) atoms. The molecule has 150 valence electrons. The smallest absolute Gasteiger partial charge is 0.410 e. The van der Waals surface area contributed by atoms with Crippen molar-refractivity contribution in [3.8, 4) is 5.75 Å². The van der Waals surface area contributed by atoms with Gasteiger partial charge in [-0.3, -0.25) is 0 Å². The highest BCUT2D eigenvalue weighted by Gasteiger charge is 2.24. The van der Waals surface area contributed by atoms with Crippen molar-refractivity contribution in [1.29, 1.82) is 0 Å². The van der Waals surface area contributed by atoms with Crippen molar-refractivity contribution < 1.29 is 19.0 Å². The molecule has 1 aliphatic heterocycles. The van der Waals surface area contributed by atoms with Crippen molar-refractivity contribution in [2.75, 3.05) is 19.8 Å². The molecule has 5 heteroatoms. The monoisotopic (exact) mass is 391 g/mol. The van der Waals surface area contributed by atoms with Gasteiger partial charge >= 0.3 is 6.09 Å². The first kappa shape index (κ1) is 19.4. The SMILES string of the molecule is O=C(NCCC[C@H]1OC[C@H](c2cccc3ccccc32)CO1)Oc1ccccc1. The van der Waals surface area contributed by atoms with Gasteiger partial charge in [-0.2, -0.15) is 0 Å². The molecule has 3 aromatic rings. The number of amides is 1. The number of carbonyl (C=O) groups is 1. The number of rotatable bonds is 6. The minimum absolute atomic E-state index is 0.229. The fourth-order valence-electron chi connectivity index (χ4n) is 3.59. The Hall–Kier alpha value is -2.89. The molecular weight excluding hydrogens is 366 g/mol. The average molecular weight is 391 g/mol. The number of hydrogen-bond acceptors (Lipinski definition) is 4. The van der Waals surface area contributed by atoms with Crippen molar-refractivity contribution in [3.05, 3.63) is 78.4 Å². The highest BCUT2D eigenvalue weighted by molar-refractivity contribution is 5.86. The van der Waals surface area contributed by atoms with Gasteiger partial charge in [0.2, 0.25) is 0 Å². The maximum absolute atomic E-state index is 11.8. The Bertz CT molecular complexity index is 931. The Morgan fingerprint density at radius 2 is 1.66 bits per heavy atom. The van der Waals surface area contributed by atoms with Gasteiger partial charge in [0.15, 0.2) is 6.29 Å². The van der Waals surface area contributed by atoms with Crippen molar-refractivity contribution in [2.24, 2.45) is 0 Å². The van der Waals surface area contributed by atoms with Crippen molar-refractivity contribution in [3.63, 3.8) is 0 Å². The van der Waals surface area contributed by atoms with E-state index in [1.807, 2.05) is 18.2 Å². The average Bonchev–Trinajstić information content (AvgIpc) is 2.77. The maximum Gasteiger partial charge on any atom is 0.412 e. The quantitative estimate of drug-likeness (QED) is 0.610. The number of ether oxygens (including phenoxy) is 3. The Morgan fingerprint density at radius 1 is 0.931 bits per heavy atom. The third-order valence-electron chi connectivity index (χ3n) is 5.07. The highest BCUT2D eigenvalue weighted by atomic mass is 16.7. The molecule has 0 radical (unpaired) electrons. The fourth-order valence-corrected chi connectivity index (χ4v) is 3.59. The summed E-state index contributed by atoms with van der Waals surface area (Å²) < 4.78 is 17.1. The second-order valence-electron chi connectivity index (χ2n) is 7.13. The molecule has 1 aliphatic rings. The zero-order chi connectivity index (χ0) is 19.9.